The maximum atomic E-state index is 13.2. The van der Waals surface area contributed by atoms with E-state index in [1.165, 1.54) is 12.1 Å². The Balaban J connectivity index is 1.97. The van der Waals surface area contributed by atoms with E-state index in [9.17, 15) is 22.4 Å². The van der Waals surface area contributed by atoms with Gasteiger partial charge in [0.15, 0.2) is 0 Å². The second-order valence-electron chi connectivity index (χ2n) is 5.18. The van der Waals surface area contributed by atoms with Crippen LogP contribution in [0.4, 0.5) is 23.2 Å². The van der Waals surface area contributed by atoms with Crippen LogP contribution in [0.2, 0.25) is 0 Å². The highest BCUT2D eigenvalue weighted by Crippen LogP contribution is 2.37. The van der Waals surface area contributed by atoms with Gasteiger partial charge in [0, 0.05) is 11.3 Å². The second kappa shape index (κ2) is 6.43. The van der Waals surface area contributed by atoms with Crippen molar-refractivity contribution in [2.45, 2.75) is 6.18 Å². The quantitative estimate of drug-likeness (QED) is 0.647. The maximum Gasteiger partial charge on any atom is 0.450 e. The fraction of sp³-hybridized carbons (Fsp3) is 0.0556. The number of alkyl halides is 3. The second-order valence-corrected chi connectivity index (χ2v) is 5.18. The Morgan fingerprint density at radius 3 is 2.20 bits per heavy atom. The molecule has 3 aromatic rings. The standard InChI is InChI=1S/C18H11F4NO2/c19-12-6-8-13(9-7-12)23-17(24)14-10-15(11-4-2-1-3-5-11)25-16(14)18(20,21)22/h1-10H,(H,23,24). The van der Waals surface area contributed by atoms with Gasteiger partial charge >= 0.3 is 6.18 Å². The van der Waals surface area contributed by atoms with Crippen molar-refractivity contribution in [2.75, 3.05) is 5.32 Å². The number of benzene rings is 2. The normalized spacial score (nSPS) is 11.4. The summed E-state index contributed by atoms with van der Waals surface area (Å²) in [5.74, 6) is -2.98. The number of carbonyl (C=O) groups excluding carboxylic acids is 1. The van der Waals surface area contributed by atoms with Gasteiger partial charge in [0.25, 0.3) is 5.91 Å². The molecular weight excluding hydrogens is 338 g/mol. The fourth-order valence-electron chi connectivity index (χ4n) is 2.25. The first kappa shape index (κ1) is 16.8. The summed E-state index contributed by atoms with van der Waals surface area (Å²) in [4.78, 5) is 12.2. The number of halogens is 4. The molecule has 128 valence electrons. The van der Waals surface area contributed by atoms with Crippen LogP contribution < -0.4 is 5.32 Å². The summed E-state index contributed by atoms with van der Waals surface area (Å²) in [7, 11) is 0. The Morgan fingerprint density at radius 2 is 1.60 bits per heavy atom. The van der Waals surface area contributed by atoms with Crippen molar-refractivity contribution >= 4 is 11.6 Å². The van der Waals surface area contributed by atoms with E-state index >= 15 is 0 Å². The minimum absolute atomic E-state index is 0.0721. The summed E-state index contributed by atoms with van der Waals surface area (Å²) < 4.78 is 57.4. The number of amides is 1. The molecule has 0 aliphatic rings. The Labute approximate surface area is 139 Å². The van der Waals surface area contributed by atoms with Gasteiger partial charge in [-0.25, -0.2) is 4.39 Å². The molecule has 0 saturated heterocycles. The zero-order valence-electron chi connectivity index (χ0n) is 12.6. The van der Waals surface area contributed by atoms with Crippen molar-refractivity contribution in [2.24, 2.45) is 0 Å². The number of rotatable bonds is 3. The molecule has 0 bridgehead atoms. The van der Waals surface area contributed by atoms with Gasteiger partial charge in [-0.05, 0) is 30.3 Å². The zero-order valence-corrected chi connectivity index (χ0v) is 12.6. The molecule has 0 aliphatic carbocycles. The predicted molar refractivity (Wildman–Crippen MR) is 83.5 cm³/mol. The lowest BCUT2D eigenvalue weighted by atomic mass is 10.1. The highest BCUT2D eigenvalue weighted by atomic mass is 19.4. The molecule has 3 rings (SSSR count). The van der Waals surface area contributed by atoms with Crippen LogP contribution in [0.15, 0.2) is 65.1 Å². The molecule has 1 heterocycles. The van der Waals surface area contributed by atoms with Gasteiger partial charge in [-0.1, -0.05) is 30.3 Å². The number of carbonyl (C=O) groups is 1. The molecule has 1 N–H and O–H groups in total. The Bertz CT molecular complexity index is 884. The van der Waals surface area contributed by atoms with E-state index in [0.29, 0.717) is 5.56 Å². The van der Waals surface area contributed by atoms with E-state index in [-0.39, 0.29) is 11.4 Å². The monoisotopic (exact) mass is 349 g/mol. The van der Waals surface area contributed by atoms with E-state index in [4.69, 9.17) is 4.42 Å². The van der Waals surface area contributed by atoms with E-state index in [1.54, 1.807) is 30.3 Å². The molecule has 3 nitrogen and oxygen atoms in total. The average molecular weight is 349 g/mol. The molecule has 1 amide bonds. The van der Waals surface area contributed by atoms with Crippen LogP contribution in [-0.4, -0.2) is 5.91 Å². The molecule has 0 fully saturated rings. The smallest absolute Gasteiger partial charge is 0.450 e. The van der Waals surface area contributed by atoms with Crippen LogP contribution in [0, 0.1) is 5.82 Å². The molecule has 0 spiro atoms. The van der Waals surface area contributed by atoms with Crippen molar-refractivity contribution in [3.05, 3.63) is 77.8 Å². The minimum atomic E-state index is -4.83. The number of nitrogens with one attached hydrogen (secondary N) is 1. The number of hydrogen-bond acceptors (Lipinski definition) is 2. The lowest BCUT2D eigenvalue weighted by molar-refractivity contribution is -0.153. The summed E-state index contributed by atoms with van der Waals surface area (Å²) in [6.07, 6.45) is -4.83. The summed E-state index contributed by atoms with van der Waals surface area (Å²) in [5, 5.41) is 2.30. The van der Waals surface area contributed by atoms with E-state index in [2.05, 4.69) is 5.32 Å². The maximum absolute atomic E-state index is 13.2. The van der Waals surface area contributed by atoms with Crippen LogP contribution in [0.3, 0.4) is 0 Å². The zero-order chi connectivity index (χ0) is 18.0. The van der Waals surface area contributed by atoms with Crippen molar-refractivity contribution in [3.8, 4) is 11.3 Å². The summed E-state index contributed by atoms with van der Waals surface area (Å²) in [5.41, 5.74) is -0.0634. The molecule has 1 aromatic heterocycles. The van der Waals surface area contributed by atoms with Gasteiger partial charge in [0.05, 0.1) is 5.56 Å². The first-order valence-corrected chi connectivity index (χ1v) is 7.18. The van der Waals surface area contributed by atoms with Gasteiger partial charge in [0.1, 0.15) is 11.6 Å². The number of furan rings is 1. The van der Waals surface area contributed by atoms with Gasteiger partial charge in [-0.15, -0.1) is 0 Å². The third kappa shape index (κ3) is 3.71. The van der Waals surface area contributed by atoms with Crippen molar-refractivity contribution in [1.82, 2.24) is 0 Å². The fourth-order valence-corrected chi connectivity index (χ4v) is 2.25. The van der Waals surface area contributed by atoms with Crippen LogP contribution in [0.1, 0.15) is 16.1 Å². The first-order valence-electron chi connectivity index (χ1n) is 7.18. The average Bonchev–Trinajstić information content (AvgIpc) is 3.04. The molecule has 0 aliphatic heterocycles. The van der Waals surface area contributed by atoms with Gasteiger partial charge in [0.2, 0.25) is 5.76 Å². The molecule has 2 aromatic carbocycles. The largest absolute Gasteiger partial charge is 0.451 e. The summed E-state index contributed by atoms with van der Waals surface area (Å²) in [6.45, 7) is 0. The van der Waals surface area contributed by atoms with Crippen LogP contribution in [-0.2, 0) is 6.18 Å². The molecular formula is C18H11F4NO2. The first-order chi connectivity index (χ1) is 11.8. The van der Waals surface area contributed by atoms with Crippen LogP contribution >= 0.6 is 0 Å². The third-order valence-corrected chi connectivity index (χ3v) is 3.39. The molecule has 0 saturated carbocycles. The Hall–Kier alpha value is -3.09. The minimum Gasteiger partial charge on any atom is -0.451 e. The molecule has 0 atom stereocenters. The van der Waals surface area contributed by atoms with E-state index in [0.717, 1.165) is 18.2 Å². The van der Waals surface area contributed by atoms with Gasteiger partial charge in [-0.2, -0.15) is 13.2 Å². The van der Waals surface area contributed by atoms with Crippen molar-refractivity contribution in [1.29, 1.82) is 0 Å². The molecule has 7 heteroatoms. The van der Waals surface area contributed by atoms with Crippen LogP contribution in [0.5, 0.6) is 0 Å². The van der Waals surface area contributed by atoms with E-state index < -0.39 is 29.2 Å². The molecule has 0 radical (unpaired) electrons. The third-order valence-electron chi connectivity index (χ3n) is 3.39. The highest BCUT2D eigenvalue weighted by molar-refractivity contribution is 6.05. The Morgan fingerprint density at radius 1 is 0.960 bits per heavy atom. The Kier molecular flexibility index (Phi) is 4.31. The lowest BCUT2D eigenvalue weighted by Gasteiger charge is -2.07. The van der Waals surface area contributed by atoms with Crippen molar-refractivity contribution < 1.29 is 26.8 Å². The SMILES string of the molecule is O=C(Nc1ccc(F)cc1)c1cc(-c2ccccc2)oc1C(F)(F)F. The topological polar surface area (TPSA) is 42.2 Å². The molecule has 0 unspecified atom stereocenters. The predicted octanol–water partition coefficient (Wildman–Crippen LogP) is 5.36. The summed E-state index contributed by atoms with van der Waals surface area (Å²) in [6, 6.07) is 13.8. The van der Waals surface area contributed by atoms with Gasteiger partial charge < -0.3 is 9.73 Å². The van der Waals surface area contributed by atoms with Gasteiger partial charge in [-0.3, -0.25) is 4.79 Å². The van der Waals surface area contributed by atoms with Crippen molar-refractivity contribution in [3.63, 3.8) is 0 Å². The summed E-state index contributed by atoms with van der Waals surface area (Å²) >= 11 is 0. The highest BCUT2D eigenvalue weighted by Gasteiger charge is 2.40. The number of hydrogen-bond donors (Lipinski definition) is 1. The number of anilines is 1. The van der Waals surface area contributed by atoms with E-state index in [1.807, 2.05) is 0 Å². The lowest BCUT2D eigenvalue weighted by Crippen LogP contribution is -2.16. The van der Waals surface area contributed by atoms with Crippen LogP contribution in [0.25, 0.3) is 11.3 Å². The molecule has 25 heavy (non-hydrogen) atoms.